The third-order valence-electron chi connectivity index (χ3n) is 4.27. The van der Waals surface area contributed by atoms with Crippen molar-refractivity contribution in [3.63, 3.8) is 0 Å². The Hall–Kier alpha value is -1.28. The fourth-order valence-corrected chi connectivity index (χ4v) is 3.10. The van der Waals surface area contributed by atoms with Gasteiger partial charge >= 0.3 is 0 Å². The number of H-pyrrole nitrogens is 1. The summed E-state index contributed by atoms with van der Waals surface area (Å²) >= 11 is 0. The van der Waals surface area contributed by atoms with Gasteiger partial charge in [-0.05, 0) is 55.4 Å². The molecule has 0 spiro atoms. The van der Waals surface area contributed by atoms with E-state index in [1.54, 1.807) is 0 Å². The normalized spacial score (nSPS) is 20.8. The Kier molecular flexibility index (Phi) is 1.79. The van der Waals surface area contributed by atoms with Crippen LogP contribution < -0.4 is 0 Å². The number of aliphatic hydroxyl groups is 1. The monoisotopic (exact) mass is 227 g/mol. The fourth-order valence-electron chi connectivity index (χ4n) is 3.10. The smallest absolute Gasteiger partial charge is 0.0690 e. The van der Waals surface area contributed by atoms with Crippen molar-refractivity contribution >= 4 is 10.9 Å². The van der Waals surface area contributed by atoms with Crippen molar-refractivity contribution < 1.29 is 5.11 Å². The first-order valence-electron chi connectivity index (χ1n) is 6.58. The highest BCUT2D eigenvalue weighted by Gasteiger charge is 2.40. The van der Waals surface area contributed by atoms with Crippen molar-refractivity contribution in [1.29, 1.82) is 0 Å². The van der Waals surface area contributed by atoms with Crippen molar-refractivity contribution in [2.24, 2.45) is 0 Å². The second kappa shape index (κ2) is 3.14. The third kappa shape index (κ3) is 1.51. The van der Waals surface area contributed by atoms with E-state index in [2.05, 4.69) is 23.2 Å². The summed E-state index contributed by atoms with van der Waals surface area (Å²) in [5.74, 6) is 0. The SMILES string of the molecule is OC1(Cc2ccc3[nH]c4c(c3c2)CCC4)CC1. The Labute approximate surface area is 101 Å². The molecule has 2 aromatic rings. The van der Waals surface area contributed by atoms with Gasteiger partial charge in [-0.25, -0.2) is 0 Å². The Morgan fingerprint density at radius 1 is 1.24 bits per heavy atom. The van der Waals surface area contributed by atoms with Crippen molar-refractivity contribution in [1.82, 2.24) is 4.98 Å². The van der Waals surface area contributed by atoms with Gasteiger partial charge in [0.05, 0.1) is 5.60 Å². The van der Waals surface area contributed by atoms with Crippen LogP contribution in [0.2, 0.25) is 0 Å². The molecule has 4 rings (SSSR count). The van der Waals surface area contributed by atoms with Gasteiger partial charge in [0.1, 0.15) is 0 Å². The molecule has 1 aromatic heterocycles. The summed E-state index contributed by atoms with van der Waals surface area (Å²) in [5.41, 5.74) is 5.12. The largest absolute Gasteiger partial charge is 0.390 e. The van der Waals surface area contributed by atoms with Crippen molar-refractivity contribution in [2.75, 3.05) is 0 Å². The van der Waals surface area contributed by atoms with Crippen LogP contribution in [0, 0.1) is 0 Å². The van der Waals surface area contributed by atoms with E-state index in [0.29, 0.717) is 0 Å². The molecule has 17 heavy (non-hydrogen) atoms. The molecule has 2 N–H and O–H groups in total. The van der Waals surface area contributed by atoms with E-state index in [9.17, 15) is 5.11 Å². The third-order valence-corrected chi connectivity index (χ3v) is 4.27. The molecular formula is C15H17NO. The molecule has 88 valence electrons. The molecule has 0 atom stereocenters. The molecule has 2 heteroatoms. The van der Waals surface area contributed by atoms with E-state index >= 15 is 0 Å². The van der Waals surface area contributed by atoms with Gasteiger partial charge in [-0.2, -0.15) is 0 Å². The lowest BCUT2D eigenvalue weighted by molar-refractivity contribution is 0.151. The molecule has 0 amide bonds. The zero-order chi connectivity index (χ0) is 11.5. The minimum absolute atomic E-state index is 0.382. The van der Waals surface area contributed by atoms with Gasteiger partial charge in [-0.1, -0.05) is 6.07 Å². The van der Waals surface area contributed by atoms with Crippen molar-refractivity contribution in [3.8, 4) is 0 Å². The lowest BCUT2D eigenvalue weighted by Crippen LogP contribution is -2.10. The van der Waals surface area contributed by atoms with E-state index in [-0.39, 0.29) is 5.60 Å². The topological polar surface area (TPSA) is 36.0 Å². The molecule has 1 heterocycles. The van der Waals surface area contributed by atoms with Crippen LogP contribution in [-0.4, -0.2) is 15.7 Å². The minimum atomic E-state index is -0.382. The van der Waals surface area contributed by atoms with Crippen LogP contribution in [0.15, 0.2) is 18.2 Å². The Balaban J connectivity index is 1.80. The van der Waals surface area contributed by atoms with E-state index < -0.39 is 0 Å². The zero-order valence-corrected chi connectivity index (χ0v) is 9.92. The predicted octanol–water partition coefficient (Wildman–Crippen LogP) is 2.72. The van der Waals surface area contributed by atoms with Crippen molar-refractivity contribution in [2.45, 2.75) is 44.1 Å². The van der Waals surface area contributed by atoms with Gasteiger partial charge < -0.3 is 10.1 Å². The molecule has 0 bridgehead atoms. The van der Waals surface area contributed by atoms with Crippen LogP contribution in [0.1, 0.15) is 36.1 Å². The first-order valence-corrected chi connectivity index (χ1v) is 6.58. The van der Waals surface area contributed by atoms with Crippen LogP contribution in [0.4, 0.5) is 0 Å². The summed E-state index contributed by atoms with van der Waals surface area (Å²) in [6.45, 7) is 0. The van der Waals surface area contributed by atoms with Gasteiger partial charge in [0.25, 0.3) is 0 Å². The lowest BCUT2D eigenvalue weighted by Gasteiger charge is -2.07. The number of fused-ring (bicyclic) bond motifs is 3. The van der Waals surface area contributed by atoms with Crippen LogP contribution >= 0.6 is 0 Å². The first kappa shape index (κ1) is 9.72. The number of aromatic amines is 1. The highest BCUT2D eigenvalue weighted by molar-refractivity contribution is 5.86. The molecule has 0 saturated heterocycles. The van der Waals surface area contributed by atoms with Crippen LogP contribution in [0.3, 0.4) is 0 Å². The van der Waals surface area contributed by atoms with E-state index in [4.69, 9.17) is 0 Å². The number of aryl methyl sites for hydroxylation is 2. The summed E-state index contributed by atoms with van der Waals surface area (Å²) in [7, 11) is 0. The molecule has 1 fully saturated rings. The number of hydrogen-bond donors (Lipinski definition) is 2. The average molecular weight is 227 g/mol. The number of rotatable bonds is 2. The van der Waals surface area contributed by atoms with Gasteiger partial charge in [0, 0.05) is 23.0 Å². The standard InChI is InChI=1S/C15H17NO/c17-15(6-7-15)9-10-4-5-14-12(8-10)11-2-1-3-13(11)16-14/h4-5,8,16-17H,1-3,6-7,9H2. The Morgan fingerprint density at radius 2 is 2.12 bits per heavy atom. The average Bonchev–Trinajstić information content (AvgIpc) is 2.77. The maximum atomic E-state index is 9.99. The molecule has 2 nitrogen and oxygen atoms in total. The van der Waals surface area contributed by atoms with Gasteiger partial charge in [0.15, 0.2) is 0 Å². The second-order valence-corrected chi connectivity index (χ2v) is 5.72. The van der Waals surface area contributed by atoms with Gasteiger partial charge in [-0.15, -0.1) is 0 Å². The van der Waals surface area contributed by atoms with E-state index in [1.165, 1.54) is 47.0 Å². The molecular weight excluding hydrogens is 210 g/mol. The molecule has 1 saturated carbocycles. The zero-order valence-electron chi connectivity index (χ0n) is 9.92. The molecule has 0 unspecified atom stereocenters. The number of hydrogen-bond acceptors (Lipinski definition) is 1. The van der Waals surface area contributed by atoms with Gasteiger partial charge in [-0.3, -0.25) is 0 Å². The first-order chi connectivity index (χ1) is 8.23. The van der Waals surface area contributed by atoms with E-state index in [0.717, 1.165) is 19.3 Å². The summed E-state index contributed by atoms with van der Waals surface area (Å²) in [6.07, 6.45) is 6.45. The molecule has 2 aliphatic rings. The Morgan fingerprint density at radius 3 is 2.94 bits per heavy atom. The van der Waals surface area contributed by atoms with Gasteiger partial charge in [0.2, 0.25) is 0 Å². The number of nitrogens with one attached hydrogen (secondary N) is 1. The highest BCUT2D eigenvalue weighted by atomic mass is 16.3. The quantitative estimate of drug-likeness (QED) is 0.813. The van der Waals surface area contributed by atoms with Crippen LogP contribution in [0.25, 0.3) is 10.9 Å². The minimum Gasteiger partial charge on any atom is -0.390 e. The summed E-state index contributed by atoms with van der Waals surface area (Å²) in [6, 6.07) is 6.62. The predicted molar refractivity (Wildman–Crippen MR) is 68.2 cm³/mol. The second-order valence-electron chi connectivity index (χ2n) is 5.72. The molecule has 1 aromatic carbocycles. The van der Waals surface area contributed by atoms with E-state index in [1.807, 2.05) is 0 Å². The van der Waals surface area contributed by atoms with Crippen molar-refractivity contribution in [3.05, 3.63) is 35.0 Å². The fraction of sp³-hybridized carbons (Fsp3) is 0.467. The highest BCUT2D eigenvalue weighted by Crippen LogP contribution is 2.39. The summed E-state index contributed by atoms with van der Waals surface area (Å²) in [4.78, 5) is 3.52. The maximum Gasteiger partial charge on any atom is 0.0690 e. The van der Waals surface area contributed by atoms with Crippen LogP contribution in [0.5, 0.6) is 0 Å². The summed E-state index contributed by atoms with van der Waals surface area (Å²) < 4.78 is 0. The summed E-state index contributed by atoms with van der Waals surface area (Å²) in [5, 5.41) is 11.4. The Bertz CT molecular complexity index is 592. The number of benzene rings is 1. The molecule has 2 aliphatic carbocycles. The lowest BCUT2D eigenvalue weighted by atomic mass is 10.0. The number of aromatic nitrogens is 1. The van der Waals surface area contributed by atoms with Crippen LogP contribution in [-0.2, 0) is 19.3 Å². The molecule has 0 aliphatic heterocycles. The molecule has 0 radical (unpaired) electrons. The maximum absolute atomic E-state index is 9.99.